The average molecular weight is 785 g/mol. The van der Waals surface area contributed by atoms with Gasteiger partial charge in [0.05, 0.1) is 0 Å². The number of hydrogen-bond acceptors (Lipinski definition) is 0. The average Bonchev–Trinajstić information content (AvgIpc) is 2.44. The fourth-order valence-corrected chi connectivity index (χ4v) is 6.95. The topological polar surface area (TPSA) is 0 Å². The van der Waals surface area contributed by atoms with Gasteiger partial charge in [0.15, 0.2) is 0 Å². The molecule has 3 aromatic rings. The van der Waals surface area contributed by atoms with Crippen molar-refractivity contribution < 1.29 is 0 Å². The number of hydrogen-bond donors (Lipinski definition) is 0. The van der Waals surface area contributed by atoms with Crippen LogP contribution < -0.4 is 0 Å². The third kappa shape index (κ3) is 7.88. The van der Waals surface area contributed by atoms with Crippen LogP contribution >= 0.6 is 112 Å². The van der Waals surface area contributed by atoms with Gasteiger partial charge in [-0.1, -0.05) is 112 Å². The van der Waals surface area contributed by atoms with Crippen molar-refractivity contribution in [1.82, 2.24) is 0 Å². The SMILES string of the molecule is Brc1cc(Br)cc(-c2cc(Br)cc(Br)c2)c1.Brc1cc(Br)cc(Br)c1. The summed E-state index contributed by atoms with van der Waals surface area (Å²) in [6, 6.07) is 18.4. The maximum Gasteiger partial charge on any atom is 0.0197 e. The molecule has 0 unspecified atom stereocenters. The third-order valence-electron chi connectivity index (χ3n) is 2.89. The van der Waals surface area contributed by atoms with Crippen molar-refractivity contribution in [3.8, 4) is 11.1 Å². The van der Waals surface area contributed by atoms with Crippen molar-refractivity contribution in [2.45, 2.75) is 0 Å². The van der Waals surface area contributed by atoms with Gasteiger partial charge in [0.2, 0.25) is 0 Å². The zero-order valence-electron chi connectivity index (χ0n) is 12.3. The molecule has 0 fully saturated rings. The lowest BCUT2D eigenvalue weighted by Gasteiger charge is -2.05. The van der Waals surface area contributed by atoms with Crippen molar-refractivity contribution in [3.05, 3.63) is 85.9 Å². The quantitative estimate of drug-likeness (QED) is 0.231. The van der Waals surface area contributed by atoms with E-state index in [4.69, 9.17) is 0 Å². The first-order chi connectivity index (χ1) is 11.7. The molecule has 0 spiro atoms. The van der Waals surface area contributed by atoms with Crippen LogP contribution in [0.25, 0.3) is 11.1 Å². The zero-order chi connectivity index (χ0) is 18.6. The van der Waals surface area contributed by atoms with Gasteiger partial charge >= 0.3 is 0 Å². The van der Waals surface area contributed by atoms with Crippen LogP contribution in [-0.2, 0) is 0 Å². The summed E-state index contributed by atoms with van der Waals surface area (Å²) in [5.41, 5.74) is 2.34. The van der Waals surface area contributed by atoms with Crippen molar-refractivity contribution in [2.75, 3.05) is 0 Å². The van der Waals surface area contributed by atoms with E-state index in [9.17, 15) is 0 Å². The molecule has 130 valence electrons. The highest BCUT2D eigenvalue weighted by atomic mass is 79.9. The molecule has 0 bridgehead atoms. The van der Waals surface area contributed by atoms with Crippen LogP contribution in [0.1, 0.15) is 0 Å². The summed E-state index contributed by atoms with van der Waals surface area (Å²) < 4.78 is 7.47. The van der Waals surface area contributed by atoms with E-state index in [1.54, 1.807) is 0 Å². The summed E-state index contributed by atoms with van der Waals surface area (Å²) in [5.74, 6) is 0. The van der Waals surface area contributed by atoms with E-state index in [1.165, 1.54) is 11.1 Å². The predicted octanol–water partition coefficient (Wildman–Crippen LogP) is 10.4. The van der Waals surface area contributed by atoms with Crippen LogP contribution in [0.2, 0.25) is 0 Å². The predicted molar refractivity (Wildman–Crippen MR) is 132 cm³/mol. The fourth-order valence-electron chi connectivity index (χ4n) is 1.96. The molecule has 0 aliphatic rings. The van der Waals surface area contributed by atoms with Gasteiger partial charge in [0.1, 0.15) is 0 Å². The Balaban J connectivity index is 0.000000212. The smallest absolute Gasteiger partial charge is 0.0197 e. The van der Waals surface area contributed by atoms with Crippen molar-refractivity contribution >= 4 is 112 Å². The van der Waals surface area contributed by atoms with Crippen LogP contribution in [0.15, 0.2) is 85.9 Å². The Morgan fingerprint density at radius 3 is 0.640 bits per heavy atom. The Morgan fingerprint density at radius 2 is 0.440 bits per heavy atom. The van der Waals surface area contributed by atoms with Crippen LogP contribution in [0.5, 0.6) is 0 Å². The molecule has 25 heavy (non-hydrogen) atoms. The van der Waals surface area contributed by atoms with E-state index in [1.807, 2.05) is 30.3 Å². The van der Waals surface area contributed by atoms with Gasteiger partial charge in [0, 0.05) is 31.3 Å². The summed E-state index contributed by atoms with van der Waals surface area (Å²) in [5, 5.41) is 0. The number of benzene rings is 3. The lowest BCUT2D eigenvalue weighted by molar-refractivity contribution is 1.53. The highest BCUT2D eigenvalue weighted by molar-refractivity contribution is 9.12. The minimum atomic E-state index is 1.06. The molecule has 0 aromatic heterocycles. The minimum Gasteiger partial charge on any atom is -0.0508 e. The van der Waals surface area contributed by atoms with Crippen LogP contribution in [0.3, 0.4) is 0 Å². The first kappa shape index (κ1) is 22.3. The first-order valence-electron chi connectivity index (χ1n) is 6.77. The second-order valence-corrected chi connectivity index (χ2v) is 11.3. The third-order valence-corrected chi connectivity index (χ3v) is 6.09. The fraction of sp³-hybridized carbons (Fsp3) is 0. The Labute approximate surface area is 206 Å². The van der Waals surface area contributed by atoms with Gasteiger partial charge in [-0.2, -0.15) is 0 Å². The lowest BCUT2D eigenvalue weighted by atomic mass is 10.1. The molecule has 0 aliphatic carbocycles. The molecule has 0 nitrogen and oxygen atoms in total. The molecule has 3 aromatic carbocycles. The molecular formula is C18H9Br7. The maximum atomic E-state index is 3.49. The Hall–Kier alpha value is 1.02. The van der Waals surface area contributed by atoms with Gasteiger partial charge < -0.3 is 0 Å². The molecular weight excluding hydrogens is 776 g/mol. The molecule has 0 atom stereocenters. The highest BCUT2D eigenvalue weighted by Crippen LogP contribution is 2.31. The van der Waals surface area contributed by atoms with Crippen molar-refractivity contribution in [2.24, 2.45) is 0 Å². The molecule has 0 heterocycles. The second kappa shape index (κ2) is 10.5. The molecule has 7 heteroatoms. The Morgan fingerprint density at radius 1 is 0.280 bits per heavy atom. The Bertz CT molecular complexity index is 750. The monoisotopic (exact) mass is 777 g/mol. The van der Waals surface area contributed by atoms with E-state index in [-0.39, 0.29) is 0 Å². The van der Waals surface area contributed by atoms with E-state index in [0.717, 1.165) is 31.3 Å². The molecule has 0 saturated heterocycles. The van der Waals surface area contributed by atoms with Gasteiger partial charge in [-0.25, -0.2) is 0 Å². The second-order valence-electron chi connectivity index (χ2n) is 4.90. The molecule has 3 rings (SSSR count). The van der Waals surface area contributed by atoms with Crippen LogP contribution in [0, 0.1) is 0 Å². The Kier molecular flexibility index (Phi) is 9.40. The molecule has 0 aliphatic heterocycles. The van der Waals surface area contributed by atoms with Crippen LogP contribution in [-0.4, -0.2) is 0 Å². The van der Waals surface area contributed by atoms with Gasteiger partial charge in [0.25, 0.3) is 0 Å². The molecule has 0 saturated carbocycles. The highest BCUT2D eigenvalue weighted by Gasteiger charge is 2.03. The summed E-state index contributed by atoms with van der Waals surface area (Å²) >= 11 is 24.0. The van der Waals surface area contributed by atoms with Gasteiger partial charge in [-0.3, -0.25) is 0 Å². The first-order valence-corrected chi connectivity index (χ1v) is 12.3. The number of rotatable bonds is 1. The normalized spacial score (nSPS) is 10.2. The zero-order valence-corrected chi connectivity index (χ0v) is 23.4. The minimum absolute atomic E-state index is 1.06. The molecule has 0 N–H and O–H groups in total. The summed E-state index contributed by atoms with van der Waals surface area (Å²) in [4.78, 5) is 0. The van der Waals surface area contributed by atoms with E-state index in [2.05, 4.69) is 136 Å². The standard InChI is InChI=1S/C12H6Br4.C6H3Br3/c13-9-1-7(2-10(14)5-9)8-3-11(15)6-12(16)4-8;7-4-1-5(8)3-6(9)2-4/h1-6H;1-3H. The van der Waals surface area contributed by atoms with E-state index >= 15 is 0 Å². The maximum absolute atomic E-state index is 3.49. The van der Waals surface area contributed by atoms with Crippen LogP contribution in [0.4, 0.5) is 0 Å². The van der Waals surface area contributed by atoms with Crippen molar-refractivity contribution in [1.29, 1.82) is 0 Å². The summed E-state index contributed by atoms with van der Waals surface area (Å²) in [6.07, 6.45) is 0. The van der Waals surface area contributed by atoms with E-state index < -0.39 is 0 Å². The largest absolute Gasteiger partial charge is 0.0508 e. The molecule has 0 radical (unpaired) electrons. The summed E-state index contributed by atoms with van der Waals surface area (Å²) in [6.45, 7) is 0. The summed E-state index contributed by atoms with van der Waals surface area (Å²) in [7, 11) is 0. The van der Waals surface area contributed by atoms with Crippen molar-refractivity contribution in [3.63, 3.8) is 0 Å². The van der Waals surface area contributed by atoms with Gasteiger partial charge in [-0.05, 0) is 65.7 Å². The van der Waals surface area contributed by atoms with E-state index in [0.29, 0.717) is 0 Å². The number of halogens is 7. The molecule has 0 amide bonds. The van der Waals surface area contributed by atoms with Gasteiger partial charge in [-0.15, -0.1) is 0 Å². The lowest BCUT2D eigenvalue weighted by Crippen LogP contribution is -1.80.